The van der Waals surface area contributed by atoms with Gasteiger partial charge in [-0.25, -0.2) is 14.8 Å². The molecule has 1 amide bonds. The van der Waals surface area contributed by atoms with Gasteiger partial charge in [0.2, 0.25) is 0 Å². The highest BCUT2D eigenvalue weighted by Crippen LogP contribution is 2.32. The number of hydrogen-bond donors (Lipinski definition) is 1. The van der Waals surface area contributed by atoms with Crippen molar-refractivity contribution >= 4 is 17.7 Å². The molecular formula is C25H28N6O4. The minimum Gasteiger partial charge on any atom is -0.492 e. The number of piperidine rings is 1. The Morgan fingerprint density at radius 1 is 1.26 bits per heavy atom. The number of ether oxygens (including phenoxy) is 2. The van der Waals surface area contributed by atoms with E-state index in [0.29, 0.717) is 42.8 Å². The predicted molar refractivity (Wildman–Crippen MR) is 128 cm³/mol. The molecule has 3 aromatic rings. The quantitative estimate of drug-likeness (QED) is 0.535. The number of rotatable bonds is 6. The van der Waals surface area contributed by atoms with Crippen LogP contribution < -0.4 is 10.1 Å². The molecule has 2 aromatic heterocycles. The van der Waals surface area contributed by atoms with Crippen molar-refractivity contribution < 1.29 is 18.8 Å². The number of anilines is 2. The smallest absolute Gasteiger partial charge is 0.410 e. The Balaban J connectivity index is 1.39. The normalized spacial score (nSPS) is 15.8. The number of likely N-dealkylation sites (tertiary alicyclic amines) is 1. The number of nitrogens with one attached hydrogen (secondary N) is 1. The van der Waals surface area contributed by atoms with Gasteiger partial charge in [-0.3, -0.25) is 0 Å². The molecule has 1 unspecified atom stereocenters. The topological polar surface area (TPSA) is 126 Å². The van der Waals surface area contributed by atoms with E-state index in [0.717, 1.165) is 18.4 Å². The van der Waals surface area contributed by atoms with Gasteiger partial charge in [-0.05, 0) is 45.7 Å². The highest BCUT2D eigenvalue weighted by atomic mass is 16.6. The molecule has 1 aliphatic heterocycles. The largest absolute Gasteiger partial charge is 0.492 e. The number of benzene rings is 1. The molecule has 0 spiro atoms. The standard InChI is InChI=1S/C25H28N6O4/c1-25(2,3)34-24(32)31-10-6-7-17(15-31)16-33-20-9-5-4-8-19(20)21-11-22(30-35-21)29-23-14-27-18(12-26)13-28-23/h4-5,8-9,11,13-14,17H,6-7,10,15-16H2,1-3H3,(H,28,29,30). The van der Waals surface area contributed by atoms with Gasteiger partial charge in [0.15, 0.2) is 17.3 Å². The molecule has 1 aliphatic rings. The highest BCUT2D eigenvalue weighted by Gasteiger charge is 2.28. The van der Waals surface area contributed by atoms with E-state index < -0.39 is 5.60 Å². The molecule has 1 atom stereocenters. The second kappa shape index (κ2) is 10.4. The van der Waals surface area contributed by atoms with Crippen LogP contribution in [0, 0.1) is 17.2 Å². The second-order valence-corrected chi connectivity index (χ2v) is 9.34. The maximum absolute atomic E-state index is 12.5. The Morgan fingerprint density at radius 3 is 2.83 bits per heavy atom. The number of nitriles is 1. The number of aromatic nitrogens is 3. The molecule has 10 heteroatoms. The van der Waals surface area contributed by atoms with Crippen molar-refractivity contribution in [2.45, 2.75) is 39.2 Å². The van der Waals surface area contributed by atoms with Crippen LogP contribution in [-0.2, 0) is 4.74 Å². The second-order valence-electron chi connectivity index (χ2n) is 9.34. The zero-order valence-electron chi connectivity index (χ0n) is 20.0. The Bertz CT molecular complexity index is 1200. The van der Waals surface area contributed by atoms with Crippen molar-refractivity contribution in [1.29, 1.82) is 5.26 Å². The summed E-state index contributed by atoms with van der Waals surface area (Å²) in [5.74, 6) is 2.30. The van der Waals surface area contributed by atoms with Gasteiger partial charge in [-0.2, -0.15) is 5.26 Å². The van der Waals surface area contributed by atoms with E-state index in [4.69, 9.17) is 19.3 Å². The molecule has 10 nitrogen and oxygen atoms in total. The molecule has 1 N–H and O–H groups in total. The summed E-state index contributed by atoms with van der Waals surface area (Å²) in [5.41, 5.74) is 0.477. The first kappa shape index (κ1) is 24.0. The van der Waals surface area contributed by atoms with E-state index in [1.54, 1.807) is 11.0 Å². The van der Waals surface area contributed by atoms with Gasteiger partial charge in [-0.1, -0.05) is 17.3 Å². The molecule has 0 saturated carbocycles. The van der Waals surface area contributed by atoms with Crippen LogP contribution in [0.3, 0.4) is 0 Å². The number of nitrogens with zero attached hydrogens (tertiary/aromatic N) is 5. The summed E-state index contributed by atoms with van der Waals surface area (Å²) < 4.78 is 17.2. The number of carbonyl (C=O) groups excluding carboxylic acids is 1. The van der Waals surface area contributed by atoms with Crippen LogP contribution in [0.5, 0.6) is 5.75 Å². The molecule has 4 rings (SSSR count). The van der Waals surface area contributed by atoms with E-state index in [1.807, 2.05) is 51.1 Å². The third-order valence-corrected chi connectivity index (χ3v) is 5.33. The van der Waals surface area contributed by atoms with E-state index in [-0.39, 0.29) is 17.7 Å². The van der Waals surface area contributed by atoms with Gasteiger partial charge < -0.3 is 24.2 Å². The van der Waals surface area contributed by atoms with Crippen LogP contribution in [0.2, 0.25) is 0 Å². The average Bonchev–Trinajstić information content (AvgIpc) is 3.31. The van der Waals surface area contributed by atoms with Crippen molar-refractivity contribution in [3.63, 3.8) is 0 Å². The maximum atomic E-state index is 12.5. The first-order valence-corrected chi connectivity index (χ1v) is 11.5. The fourth-order valence-electron chi connectivity index (χ4n) is 3.74. The van der Waals surface area contributed by atoms with E-state index in [1.165, 1.54) is 12.4 Å². The zero-order valence-corrected chi connectivity index (χ0v) is 20.0. The molecule has 35 heavy (non-hydrogen) atoms. The first-order chi connectivity index (χ1) is 16.8. The molecule has 1 saturated heterocycles. The molecule has 1 aromatic carbocycles. The van der Waals surface area contributed by atoms with Crippen molar-refractivity contribution in [3.8, 4) is 23.1 Å². The molecular weight excluding hydrogens is 448 g/mol. The average molecular weight is 477 g/mol. The number of carbonyl (C=O) groups is 1. The maximum Gasteiger partial charge on any atom is 0.410 e. The van der Waals surface area contributed by atoms with Crippen LogP contribution in [0.15, 0.2) is 47.2 Å². The van der Waals surface area contributed by atoms with Crippen LogP contribution in [0.1, 0.15) is 39.3 Å². The first-order valence-electron chi connectivity index (χ1n) is 11.5. The van der Waals surface area contributed by atoms with Gasteiger partial charge in [0.1, 0.15) is 23.2 Å². The minimum absolute atomic E-state index is 0.200. The SMILES string of the molecule is CC(C)(C)OC(=O)N1CCCC(COc2ccccc2-c2cc(Nc3cnc(C#N)cn3)no2)C1. The fraction of sp³-hybridized carbons (Fsp3) is 0.400. The van der Waals surface area contributed by atoms with Crippen molar-refractivity contribution in [1.82, 2.24) is 20.0 Å². The number of hydrogen-bond acceptors (Lipinski definition) is 9. The van der Waals surface area contributed by atoms with E-state index in [9.17, 15) is 4.79 Å². The summed E-state index contributed by atoms with van der Waals surface area (Å²) in [5, 5.41) is 15.9. The van der Waals surface area contributed by atoms with Gasteiger partial charge in [0, 0.05) is 25.1 Å². The lowest BCUT2D eigenvalue weighted by Crippen LogP contribution is -2.44. The minimum atomic E-state index is -0.517. The summed E-state index contributed by atoms with van der Waals surface area (Å²) >= 11 is 0. The van der Waals surface area contributed by atoms with Crippen LogP contribution >= 0.6 is 0 Å². The molecule has 0 aliphatic carbocycles. The van der Waals surface area contributed by atoms with Crippen molar-refractivity contribution in [2.24, 2.45) is 5.92 Å². The van der Waals surface area contributed by atoms with Crippen LogP contribution in [-0.4, -0.2) is 51.4 Å². The third-order valence-electron chi connectivity index (χ3n) is 5.33. The fourth-order valence-corrected chi connectivity index (χ4v) is 3.74. The van der Waals surface area contributed by atoms with Crippen molar-refractivity contribution in [3.05, 3.63) is 48.4 Å². The Morgan fingerprint density at radius 2 is 2.09 bits per heavy atom. The van der Waals surface area contributed by atoms with E-state index >= 15 is 0 Å². The van der Waals surface area contributed by atoms with Gasteiger partial charge in [0.05, 0.1) is 24.6 Å². The zero-order chi connectivity index (χ0) is 24.8. The molecule has 0 bridgehead atoms. The lowest BCUT2D eigenvalue weighted by atomic mass is 9.99. The van der Waals surface area contributed by atoms with Gasteiger partial charge in [-0.15, -0.1) is 0 Å². The number of para-hydroxylation sites is 1. The lowest BCUT2D eigenvalue weighted by Gasteiger charge is -2.34. The summed E-state index contributed by atoms with van der Waals surface area (Å²) in [6.07, 6.45) is 4.43. The predicted octanol–water partition coefficient (Wildman–Crippen LogP) is 4.77. The lowest BCUT2D eigenvalue weighted by molar-refractivity contribution is 0.0139. The Kier molecular flexibility index (Phi) is 7.15. The van der Waals surface area contributed by atoms with Crippen molar-refractivity contribution in [2.75, 3.05) is 25.0 Å². The third kappa shape index (κ3) is 6.47. The number of amides is 1. The molecule has 0 radical (unpaired) electrons. The molecule has 1 fully saturated rings. The molecule has 3 heterocycles. The highest BCUT2D eigenvalue weighted by molar-refractivity contribution is 5.69. The van der Waals surface area contributed by atoms with Crippen LogP contribution in [0.4, 0.5) is 16.4 Å². The molecule has 182 valence electrons. The summed E-state index contributed by atoms with van der Waals surface area (Å²) in [6, 6.07) is 11.2. The summed E-state index contributed by atoms with van der Waals surface area (Å²) in [4.78, 5) is 22.3. The van der Waals surface area contributed by atoms with Crippen LogP contribution in [0.25, 0.3) is 11.3 Å². The van der Waals surface area contributed by atoms with E-state index in [2.05, 4.69) is 20.4 Å². The summed E-state index contributed by atoms with van der Waals surface area (Å²) in [6.45, 7) is 7.37. The monoisotopic (exact) mass is 476 g/mol. The van der Waals surface area contributed by atoms with Gasteiger partial charge >= 0.3 is 6.09 Å². The van der Waals surface area contributed by atoms with Gasteiger partial charge in [0.25, 0.3) is 0 Å². The summed E-state index contributed by atoms with van der Waals surface area (Å²) in [7, 11) is 0. The Hall–Kier alpha value is -4.13. The Labute approximate surface area is 203 Å².